The van der Waals surface area contributed by atoms with Crippen molar-refractivity contribution in [2.75, 3.05) is 6.61 Å². The first-order chi connectivity index (χ1) is 14.4. The number of hydrogen-bond donors (Lipinski definition) is 2. The summed E-state index contributed by atoms with van der Waals surface area (Å²) in [4.78, 5) is 37.0. The van der Waals surface area contributed by atoms with E-state index in [0.29, 0.717) is 24.8 Å². The fraction of sp³-hybridized carbons (Fsp3) is 0.708. The SMILES string of the molecule is CC(=O)O[C@]1(C(=O)CO)[C@@H](C)C[C@H]2[C@@H]3CCC4=CC(=O)C=C[C@]4(C)C3(F)[C@@H](O)C[C@@]21C. The van der Waals surface area contributed by atoms with E-state index in [2.05, 4.69) is 0 Å². The van der Waals surface area contributed by atoms with E-state index in [0.717, 1.165) is 0 Å². The van der Waals surface area contributed by atoms with E-state index < -0.39 is 58.4 Å². The third-order valence-corrected chi connectivity index (χ3v) is 9.04. The van der Waals surface area contributed by atoms with Gasteiger partial charge in [-0.3, -0.25) is 14.4 Å². The summed E-state index contributed by atoms with van der Waals surface area (Å²) in [5.41, 5.74) is -5.10. The minimum absolute atomic E-state index is 0.0846. The fourth-order valence-electron chi connectivity index (χ4n) is 7.74. The molecule has 170 valence electrons. The topological polar surface area (TPSA) is 101 Å². The third-order valence-electron chi connectivity index (χ3n) is 9.04. The summed E-state index contributed by atoms with van der Waals surface area (Å²) in [7, 11) is 0. The molecular formula is C24H31FO6. The van der Waals surface area contributed by atoms with E-state index in [4.69, 9.17) is 4.74 Å². The number of carbonyl (C=O) groups excluding carboxylic acids is 3. The molecule has 0 spiro atoms. The number of fused-ring (bicyclic) bond motifs is 5. The molecule has 0 bridgehead atoms. The zero-order valence-corrected chi connectivity index (χ0v) is 18.5. The summed E-state index contributed by atoms with van der Waals surface area (Å²) in [5.74, 6) is -2.79. The minimum Gasteiger partial charge on any atom is -0.450 e. The molecule has 4 rings (SSSR count). The Morgan fingerprint density at radius 2 is 1.97 bits per heavy atom. The summed E-state index contributed by atoms with van der Waals surface area (Å²) >= 11 is 0. The number of Topliss-reactive ketones (excluding diaryl/α,β-unsaturated/α-hetero) is 1. The normalized spacial score (nSPS) is 48.4. The molecule has 0 aliphatic heterocycles. The summed E-state index contributed by atoms with van der Waals surface area (Å²) in [5, 5.41) is 21.1. The standard InChI is InChI=1S/C24H31FO6/c1-13-9-18-17-6-5-15-10-16(28)7-8-21(15,3)23(17,25)19(29)11-22(18,4)24(13,20(30)12-26)31-14(2)27/h7-8,10,13,17-19,26,29H,5-6,9,11-12H2,1-4H3/t13-,17-,18-,19-,21-,22-,23?,24-/m0/s1. The monoisotopic (exact) mass is 434 g/mol. The van der Waals surface area contributed by atoms with Crippen LogP contribution >= 0.6 is 0 Å². The van der Waals surface area contributed by atoms with Crippen molar-refractivity contribution in [3.63, 3.8) is 0 Å². The number of ether oxygens (including phenoxy) is 1. The first-order valence-corrected chi connectivity index (χ1v) is 11.0. The number of carbonyl (C=O) groups is 3. The predicted octanol–water partition coefficient (Wildman–Crippen LogP) is 2.47. The lowest BCUT2D eigenvalue weighted by Crippen LogP contribution is -2.70. The average Bonchev–Trinajstić information content (AvgIpc) is 2.90. The number of hydrogen-bond acceptors (Lipinski definition) is 6. The molecule has 4 aliphatic rings. The van der Waals surface area contributed by atoms with Crippen molar-refractivity contribution in [1.29, 1.82) is 0 Å². The molecule has 0 heterocycles. The molecule has 1 unspecified atom stereocenters. The molecule has 8 atom stereocenters. The Balaban J connectivity index is 1.86. The molecule has 0 amide bonds. The van der Waals surface area contributed by atoms with Crippen LogP contribution < -0.4 is 0 Å². The van der Waals surface area contributed by atoms with Gasteiger partial charge < -0.3 is 14.9 Å². The van der Waals surface area contributed by atoms with Gasteiger partial charge >= 0.3 is 5.97 Å². The van der Waals surface area contributed by atoms with E-state index in [1.807, 2.05) is 0 Å². The maximum atomic E-state index is 17.1. The molecule has 3 saturated carbocycles. The van der Waals surface area contributed by atoms with Crippen molar-refractivity contribution in [2.24, 2.45) is 28.6 Å². The molecule has 3 fully saturated rings. The quantitative estimate of drug-likeness (QED) is 0.662. The largest absolute Gasteiger partial charge is 0.450 e. The zero-order chi connectivity index (χ0) is 23.0. The second kappa shape index (κ2) is 6.82. The number of allylic oxidation sites excluding steroid dienone is 4. The summed E-state index contributed by atoms with van der Waals surface area (Å²) in [6.07, 6.45) is 4.29. The van der Waals surface area contributed by atoms with Gasteiger partial charge in [-0.1, -0.05) is 25.5 Å². The van der Waals surface area contributed by atoms with Gasteiger partial charge in [-0.2, -0.15) is 0 Å². The first kappa shape index (κ1) is 22.3. The smallest absolute Gasteiger partial charge is 0.303 e. The number of aliphatic hydroxyl groups is 2. The van der Waals surface area contributed by atoms with Crippen LogP contribution in [0.5, 0.6) is 0 Å². The van der Waals surface area contributed by atoms with Crippen LogP contribution in [-0.4, -0.2) is 51.7 Å². The van der Waals surface area contributed by atoms with Crippen LogP contribution in [0.25, 0.3) is 0 Å². The molecular weight excluding hydrogens is 403 g/mol. The third kappa shape index (κ3) is 2.53. The van der Waals surface area contributed by atoms with Crippen LogP contribution in [0.2, 0.25) is 0 Å². The average molecular weight is 435 g/mol. The molecule has 7 heteroatoms. The van der Waals surface area contributed by atoms with E-state index >= 15 is 4.39 Å². The van der Waals surface area contributed by atoms with Gasteiger partial charge in [0.25, 0.3) is 0 Å². The number of alkyl halides is 1. The number of halogens is 1. The second-order valence-electron chi connectivity index (χ2n) is 10.3. The highest BCUT2D eigenvalue weighted by atomic mass is 19.1. The van der Waals surface area contributed by atoms with Gasteiger partial charge in [-0.25, -0.2) is 4.39 Å². The number of ketones is 2. The van der Waals surface area contributed by atoms with Crippen LogP contribution in [0.4, 0.5) is 4.39 Å². The lowest BCUT2D eigenvalue weighted by molar-refractivity contribution is -0.227. The second-order valence-corrected chi connectivity index (χ2v) is 10.3. The van der Waals surface area contributed by atoms with Gasteiger partial charge in [-0.15, -0.1) is 0 Å². The molecule has 0 saturated heterocycles. The van der Waals surface area contributed by atoms with Crippen LogP contribution in [0, 0.1) is 28.6 Å². The van der Waals surface area contributed by atoms with Crippen molar-refractivity contribution in [3.8, 4) is 0 Å². The molecule has 0 aromatic carbocycles. The number of aliphatic hydroxyl groups excluding tert-OH is 2. The Labute approximate surface area is 181 Å². The lowest BCUT2D eigenvalue weighted by Gasteiger charge is -2.62. The molecule has 4 aliphatic carbocycles. The van der Waals surface area contributed by atoms with Gasteiger partial charge in [0.15, 0.2) is 17.1 Å². The van der Waals surface area contributed by atoms with Crippen LogP contribution in [0.1, 0.15) is 53.4 Å². The Kier molecular flexibility index (Phi) is 4.91. The van der Waals surface area contributed by atoms with Crippen molar-refractivity contribution in [1.82, 2.24) is 0 Å². The predicted molar refractivity (Wildman–Crippen MR) is 109 cm³/mol. The summed E-state index contributed by atoms with van der Waals surface area (Å²) < 4.78 is 22.8. The molecule has 6 nitrogen and oxygen atoms in total. The van der Waals surface area contributed by atoms with E-state index in [9.17, 15) is 24.6 Å². The molecule has 0 aromatic heterocycles. The highest BCUT2D eigenvalue weighted by Gasteiger charge is 2.77. The maximum Gasteiger partial charge on any atom is 0.303 e. The molecule has 2 N–H and O–H groups in total. The molecule has 31 heavy (non-hydrogen) atoms. The van der Waals surface area contributed by atoms with Gasteiger partial charge in [0, 0.05) is 29.6 Å². The zero-order valence-electron chi connectivity index (χ0n) is 18.5. The van der Waals surface area contributed by atoms with Gasteiger partial charge in [0.05, 0.1) is 6.10 Å². The Bertz CT molecular complexity index is 910. The van der Waals surface area contributed by atoms with E-state index in [1.54, 1.807) is 26.8 Å². The van der Waals surface area contributed by atoms with Gasteiger partial charge in [-0.05, 0) is 50.7 Å². The van der Waals surface area contributed by atoms with Crippen LogP contribution in [0.15, 0.2) is 23.8 Å². The van der Waals surface area contributed by atoms with Crippen LogP contribution in [0.3, 0.4) is 0 Å². The van der Waals surface area contributed by atoms with Crippen molar-refractivity contribution in [2.45, 2.75) is 70.8 Å². The van der Waals surface area contributed by atoms with Crippen molar-refractivity contribution in [3.05, 3.63) is 23.8 Å². The highest BCUT2D eigenvalue weighted by molar-refractivity contribution is 6.01. The highest BCUT2D eigenvalue weighted by Crippen LogP contribution is 2.71. The van der Waals surface area contributed by atoms with Gasteiger partial charge in [0.2, 0.25) is 5.78 Å². The minimum atomic E-state index is -2.02. The Hall–Kier alpha value is -1.86. The lowest BCUT2D eigenvalue weighted by atomic mass is 9.44. The van der Waals surface area contributed by atoms with Crippen molar-refractivity contribution >= 4 is 17.5 Å². The number of esters is 1. The van der Waals surface area contributed by atoms with E-state index in [-0.39, 0.29) is 18.1 Å². The Morgan fingerprint density at radius 1 is 1.29 bits per heavy atom. The van der Waals surface area contributed by atoms with Crippen molar-refractivity contribution < 1.29 is 33.7 Å². The first-order valence-electron chi connectivity index (χ1n) is 11.0. The maximum absolute atomic E-state index is 17.1. The van der Waals surface area contributed by atoms with E-state index in [1.165, 1.54) is 19.1 Å². The summed E-state index contributed by atoms with van der Waals surface area (Å²) in [6.45, 7) is 5.74. The Morgan fingerprint density at radius 3 is 2.58 bits per heavy atom. The molecule has 0 aromatic rings. The number of rotatable bonds is 3. The van der Waals surface area contributed by atoms with Crippen LogP contribution in [-0.2, 0) is 19.1 Å². The van der Waals surface area contributed by atoms with Gasteiger partial charge in [0.1, 0.15) is 6.61 Å². The summed E-state index contributed by atoms with van der Waals surface area (Å²) in [6, 6.07) is 0. The fourth-order valence-corrected chi connectivity index (χ4v) is 7.74. The molecule has 0 radical (unpaired) electrons.